The number of hydrogen-bond donors (Lipinski definition) is 1. The largest absolute Gasteiger partial charge is 0.466 e. The maximum atomic E-state index is 11.5. The van der Waals surface area contributed by atoms with Crippen LogP contribution in [-0.2, 0) is 15.1 Å². The molecule has 1 N–H and O–H groups in total. The van der Waals surface area contributed by atoms with Gasteiger partial charge in [-0.15, -0.1) is 0 Å². The summed E-state index contributed by atoms with van der Waals surface area (Å²) in [5.74, 6) is -0.465. The summed E-state index contributed by atoms with van der Waals surface area (Å²) in [5.41, 5.74) is 0.357. The Balaban J connectivity index is 2.02. The second-order valence-electron chi connectivity index (χ2n) is 4.63. The van der Waals surface area contributed by atoms with E-state index in [2.05, 4.69) is 0 Å². The molecule has 1 saturated carbocycles. The Morgan fingerprint density at radius 1 is 1.44 bits per heavy atom. The molecule has 0 heterocycles. The number of carbonyl (C=O) groups is 2. The molecule has 1 aliphatic rings. The van der Waals surface area contributed by atoms with Crippen LogP contribution in [0, 0.1) is 5.92 Å². The molecule has 1 aromatic carbocycles. The van der Waals surface area contributed by atoms with E-state index < -0.39 is 5.60 Å². The summed E-state index contributed by atoms with van der Waals surface area (Å²) >= 11 is 0. The summed E-state index contributed by atoms with van der Waals surface area (Å²) < 4.78 is 4.92. The van der Waals surface area contributed by atoms with Gasteiger partial charge in [0.05, 0.1) is 18.1 Å². The van der Waals surface area contributed by atoms with Crippen molar-refractivity contribution in [2.45, 2.75) is 25.4 Å². The first-order chi connectivity index (χ1) is 8.59. The molecule has 0 bridgehead atoms. The van der Waals surface area contributed by atoms with Crippen LogP contribution in [0.25, 0.3) is 0 Å². The first-order valence-corrected chi connectivity index (χ1v) is 6.04. The molecule has 1 aliphatic carbocycles. The van der Waals surface area contributed by atoms with Crippen molar-refractivity contribution in [3.05, 3.63) is 35.4 Å². The number of hydrogen-bond acceptors (Lipinski definition) is 4. The minimum Gasteiger partial charge on any atom is -0.466 e. The average molecular weight is 248 g/mol. The van der Waals surface area contributed by atoms with E-state index in [1.54, 1.807) is 31.2 Å². The van der Waals surface area contributed by atoms with Gasteiger partial charge in [-0.3, -0.25) is 9.59 Å². The van der Waals surface area contributed by atoms with Crippen LogP contribution in [0.2, 0.25) is 0 Å². The van der Waals surface area contributed by atoms with Gasteiger partial charge in [0.15, 0.2) is 0 Å². The predicted octanol–water partition coefficient (Wildman–Crippen LogP) is 1.66. The van der Waals surface area contributed by atoms with Crippen molar-refractivity contribution in [3.8, 4) is 0 Å². The molecule has 1 fully saturated rings. The molecule has 1 aromatic rings. The van der Waals surface area contributed by atoms with Gasteiger partial charge in [0.1, 0.15) is 6.29 Å². The summed E-state index contributed by atoms with van der Waals surface area (Å²) in [5, 5.41) is 10.3. The standard InChI is InChI=1S/C14H16O4/c1-2-18-13(16)11-7-14(17,8-11)12-5-3-10(9-15)4-6-12/h3-6,9,11,17H,2,7-8H2,1H3. The molecule has 96 valence electrons. The van der Waals surface area contributed by atoms with E-state index in [1.165, 1.54) is 0 Å². The highest BCUT2D eigenvalue weighted by Gasteiger charge is 2.47. The molecular weight excluding hydrogens is 232 g/mol. The SMILES string of the molecule is CCOC(=O)C1CC(O)(c2ccc(C=O)cc2)C1. The van der Waals surface area contributed by atoms with Gasteiger partial charge in [0, 0.05) is 5.56 Å². The Morgan fingerprint density at radius 3 is 2.56 bits per heavy atom. The average Bonchev–Trinajstić information content (AvgIpc) is 2.35. The lowest BCUT2D eigenvalue weighted by Gasteiger charge is -2.42. The van der Waals surface area contributed by atoms with E-state index in [1.807, 2.05) is 0 Å². The Labute approximate surface area is 106 Å². The lowest BCUT2D eigenvalue weighted by atomic mass is 9.67. The smallest absolute Gasteiger partial charge is 0.309 e. The number of benzene rings is 1. The van der Waals surface area contributed by atoms with Gasteiger partial charge < -0.3 is 9.84 Å². The van der Waals surface area contributed by atoms with Crippen molar-refractivity contribution < 1.29 is 19.4 Å². The molecule has 0 atom stereocenters. The third-order valence-electron chi connectivity index (χ3n) is 3.37. The van der Waals surface area contributed by atoms with Gasteiger partial charge in [0.2, 0.25) is 0 Å². The molecular formula is C14H16O4. The van der Waals surface area contributed by atoms with Crippen LogP contribution < -0.4 is 0 Å². The molecule has 0 spiro atoms. The van der Waals surface area contributed by atoms with Crippen LogP contribution in [0.3, 0.4) is 0 Å². The fourth-order valence-corrected chi connectivity index (χ4v) is 2.29. The fourth-order valence-electron chi connectivity index (χ4n) is 2.29. The zero-order chi connectivity index (χ0) is 13.2. The van der Waals surface area contributed by atoms with Gasteiger partial charge in [-0.05, 0) is 25.3 Å². The van der Waals surface area contributed by atoms with Crippen molar-refractivity contribution in [1.82, 2.24) is 0 Å². The van der Waals surface area contributed by atoms with Crippen molar-refractivity contribution in [3.63, 3.8) is 0 Å². The van der Waals surface area contributed by atoms with Crippen LogP contribution in [0.15, 0.2) is 24.3 Å². The Morgan fingerprint density at radius 2 is 2.06 bits per heavy atom. The quantitative estimate of drug-likeness (QED) is 0.650. The Kier molecular flexibility index (Phi) is 3.48. The zero-order valence-electron chi connectivity index (χ0n) is 10.3. The van der Waals surface area contributed by atoms with Crippen molar-refractivity contribution in [2.75, 3.05) is 6.61 Å². The van der Waals surface area contributed by atoms with Gasteiger partial charge in [-0.2, -0.15) is 0 Å². The molecule has 0 aromatic heterocycles. The number of aliphatic hydroxyl groups is 1. The first kappa shape index (κ1) is 12.8. The minimum atomic E-state index is -0.959. The van der Waals surface area contributed by atoms with Crippen molar-refractivity contribution >= 4 is 12.3 Å². The molecule has 2 rings (SSSR count). The first-order valence-electron chi connectivity index (χ1n) is 6.04. The predicted molar refractivity (Wildman–Crippen MR) is 65.1 cm³/mol. The third-order valence-corrected chi connectivity index (χ3v) is 3.37. The van der Waals surface area contributed by atoms with E-state index in [0.717, 1.165) is 11.8 Å². The van der Waals surface area contributed by atoms with E-state index in [0.29, 0.717) is 25.0 Å². The lowest BCUT2D eigenvalue weighted by molar-refractivity contribution is -0.165. The topological polar surface area (TPSA) is 63.6 Å². The highest BCUT2D eigenvalue weighted by Crippen LogP contribution is 2.46. The fraction of sp³-hybridized carbons (Fsp3) is 0.429. The Hall–Kier alpha value is -1.68. The molecule has 0 aliphatic heterocycles. The molecule has 18 heavy (non-hydrogen) atoms. The van der Waals surface area contributed by atoms with Crippen LogP contribution in [0.4, 0.5) is 0 Å². The van der Waals surface area contributed by atoms with Crippen LogP contribution >= 0.6 is 0 Å². The van der Waals surface area contributed by atoms with E-state index in [-0.39, 0.29) is 11.9 Å². The van der Waals surface area contributed by atoms with Crippen LogP contribution in [0.5, 0.6) is 0 Å². The Bertz CT molecular complexity index is 443. The normalized spacial score (nSPS) is 26.2. The summed E-state index contributed by atoms with van der Waals surface area (Å²) in [6.07, 6.45) is 1.52. The summed E-state index contributed by atoms with van der Waals surface area (Å²) in [6, 6.07) is 6.78. The number of carbonyl (C=O) groups excluding carboxylic acids is 2. The minimum absolute atomic E-state index is 0.222. The highest BCUT2D eigenvalue weighted by atomic mass is 16.5. The van der Waals surface area contributed by atoms with E-state index >= 15 is 0 Å². The maximum absolute atomic E-state index is 11.5. The van der Waals surface area contributed by atoms with Gasteiger partial charge in [-0.25, -0.2) is 0 Å². The third kappa shape index (κ3) is 2.29. The molecule has 0 amide bonds. The van der Waals surface area contributed by atoms with Gasteiger partial charge in [0.25, 0.3) is 0 Å². The second-order valence-corrected chi connectivity index (χ2v) is 4.63. The van der Waals surface area contributed by atoms with Crippen LogP contribution in [0.1, 0.15) is 35.7 Å². The van der Waals surface area contributed by atoms with Gasteiger partial charge in [-0.1, -0.05) is 24.3 Å². The van der Waals surface area contributed by atoms with E-state index in [4.69, 9.17) is 4.74 Å². The summed E-state index contributed by atoms with van der Waals surface area (Å²) in [7, 11) is 0. The van der Waals surface area contributed by atoms with Crippen molar-refractivity contribution in [2.24, 2.45) is 5.92 Å². The number of esters is 1. The van der Waals surface area contributed by atoms with Gasteiger partial charge >= 0.3 is 5.97 Å². The molecule has 4 nitrogen and oxygen atoms in total. The molecule has 4 heteroatoms. The lowest BCUT2D eigenvalue weighted by Crippen LogP contribution is -2.45. The zero-order valence-corrected chi connectivity index (χ0v) is 10.3. The van der Waals surface area contributed by atoms with Crippen LogP contribution in [-0.4, -0.2) is 24.0 Å². The number of rotatable bonds is 4. The highest BCUT2D eigenvalue weighted by molar-refractivity contribution is 5.75. The molecule has 0 saturated heterocycles. The number of aldehydes is 1. The number of ether oxygens (including phenoxy) is 1. The maximum Gasteiger partial charge on any atom is 0.309 e. The molecule has 0 unspecified atom stereocenters. The van der Waals surface area contributed by atoms with Crippen molar-refractivity contribution in [1.29, 1.82) is 0 Å². The molecule has 0 radical (unpaired) electrons. The summed E-state index contributed by atoms with van der Waals surface area (Å²) in [6.45, 7) is 2.13. The summed E-state index contributed by atoms with van der Waals surface area (Å²) in [4.78, 5) is 22.0. The second kappa shape index (κ2) is 4.90. The monoisotopic (exact) mass is 248 g/mol. The van der Waals surface area contributed by atoms with E-state index in [9.17, 15) is 14.7 Å².